The fourth-order valence-electron chi connectivity index (χ4n) is 4.27. The van der Waals surface area contributed by atoms with Crippen LogP contribution in [0.5, 0.6) is 23.0 Å². The van der Waals surface area contributed by atoms with E-state index < -0.39 is 0 Å². The second-order valence-corrected chi connectivity index (χ2v) is 8.10. The van der Waals surface area contributed by atoms with Gasteiger partial charge in [-0.1, -0.05) is 11.2 Å². The number of rotatable bonds is 10. The zero-order chi connectivity index (χ0) is 24.8. The van der Waals surface area contributed by atoms with Gasteiger partial charge in [-0.15, -0.1) is 0 Å². The second kappa shape index (κ2) is 11.1. The number of amides is 1. The van der Waals surface area contributed by atoms with E-state index >= 15 is 0 Å². The van der Waals surface area contributed by atoms with E-state index in [1.54, 1.807) is 26.4 Å². The SMILES string of the molecule is CCOc1ccc(CC(=O)N2CCC[C@@H]2c2nc(-c3ccc(OC)c(OC)c3)no2)cc1OCC. The third kappa shape index (κ3) is 5.34. The van der Waals surface area contributed by atoms with Gasteiger partial charge in [-0.05, 0) is 62.6 Å². The van der Waals surface area contributed by atoms with Crippen LogP contribution >= 0.6 is 0 Å². The van der Waals surface area contributed by atoms with Crippen LogP contribution in [0.1, 0.15) is 44.2 Å². The van der Waals surface area contributed by atoms with Gasteiger partial charge in [-0.3, -0.25) is 4.79 Å². The molecule has 1 fully saturated rings. The van der Waals surface area contributed by atoms with Crippen LogP contribution in [0.3, 0.4) is 0 Å². The van der Waals surface area contributed by atoms with Gasteiger partial charge in [-0.2, -0.15) is 4.98 Å². The highest BCUT2D eigenvalue weighted by atomic mass is 16.5. The third-order valence-corrected chi connectivity index (χ3v) is 5.90. The average Bonchev–Trinajstić information content (AvgIpc) is 3.55. The quantitative estimate of drug-likeness (QED) is 0.419. The molecule has 9 heteroatoms. The van der Waals surface area contributed by atoms with Gasteiger partial charge >= 0.3 is 0 Å². The second-order valence-electron chi connectivity index (χ2n) is 8.10. The van der Waals surface area contributed by atoms with Crippen LogP contribution in [-0.2, 0) is 11.2 Å². The molecule has 1 aliphatic heterocycles. The summed E-state index contributed by atoms with van der Waals surface area (Å²) in [5.74, 6) is 3.40. The molecule has 35 heavy (non-hydrogen) atoms. The first-order valence-electron chi connectivity index (χ1n) is 11.8. The highest BCUT2D eigenvalue weighted by Crippen LogP contribution is 2.35. The lowest BCUT2D eigenvalue weighted by molar-refractivity contribution is -0.131. The van der Waals surface area contributed by atoms with E-state index in [1.165, 1.54) is 0 Å². The first kappa shape index (κ1) is 24.4. The van der Waals surface area contributed by atoms with Gasteiger partial charge < -0.3 is 28.4 Å². The van der Waals surface area contributed by atoms with E-state index in [9.17, 15) is 4.79 Å². The number of aromatic nitrogens is 2. The lowest BCUT2D eigenvalue weighted by Crippen LogP contribution is -2.32. The number of hydrogen-bond acceptors (Lipinski definition) is 8. The van der Waals surface area contributed by atoms with Crippen LogP contribution in [0, 0.1) is 0 Å². The van der Waals surface area contributed by atoms with Crippen molar-refractivity contribution in [1.82, 2.24) is 15.0 Å². The van der Waals surface area contributed by atoms with Gasteiger partial charge in [0.05, 0.1) is 33.9 Å². The van der Waals surface area contributed by atoms with E-state index in [0.29, 0.717) is 54.5 Å². The van der Waals surface area contributed by atoms with Crippen molar-refractivity contribution in [2.75, 3.05) is 34.0 Å². The smallest absolute Gasteiger partial charge is 0.249 e. The predicted molar refractivity (Wildman–Crippen MR) is 129 cm³/mol. The molecular formula is C26H31N3O6. The highest BCUT2D eigenvalue weighted by Gasteiger charge is 2.34. The number of carbonyl (C=O) groups excluding carboxylic acids is 1. The lowest BCUT2D eigenvalue weighted by atomic mass is 10.1. The van der Waals surface area contributed by atoms with Crippen LogP contribution < -0.4 is 18.9 Å². The van der Waals surface area contributed by atoms with Crippen molar-refractivity contribution in [3.8, 4) is 34.4 Å². The topological polar surface area (TPSA) is 96.2 Å². The Morgan fingerprint density at radius 1 is 1.00 bits per heavy atom. The van der Waals surface area contributed by atoms with Crippen LogP contribution in [0.15, 0.2) is 40.9 Å². The van der Waals surface area contributed by atoms with Crippen LogP contribution in [0.2, 0.25) is 0 Å². The summed E-state index contributed by atoms with van der Waals surface area (Å²) in [6.45, 7) is 5.55. The minimum absolute atomic E-state index is 0.00461. The van der Waals surface area contributed by atoms with E-state index in [0.717, 1.165) is 24.0 Å². The molecule has 0 saturated carbocycles. The van der Waals surface area contributed by atoms with E-state index in [-0.39, 0.29) is 18.4 Å². The molecule has 0 bridgehead atoms. The highest BCUT2D eigenvalue weighted by molar-refractivity contribution is 5.79. The van der Waals surface area contributed by atoms with Crippen LogP contribution in [0.4, 0.5) is 0 Å². The van der Waals surface area contributed by atoms with Gasteiger partial charge in [0, 0.05) is 12.1 Å². The molecule has 0 radical (unpaired) electrons. The summed E-state index contributed by atoms with van der Waals surface area (Å²) in [4.78, 5) is 19.7. The van der Waals surface area contributed by atoms with Crippen molar-refractivity contribution in [1.29, 1.82) is 0 Å². The Bertz CT molecular complexity index is 1160. The monoisotopic (exact) mass is 481 g/mol. The van der Waals surface area contributed by atoms with Crippen molar-refractivity contribution in [3.05, 3.63) is 47.9 Å². The fraction of sp³-hybridized carbons (Fsp3) is 0.423. The Labute approximate surface area is 204 Å². The normalized spacial score (nSPS) is 15.2. The summed E-state index contributed by atoms with van der Waals surface area (Å²) in [6.07, 6.45) is 1.89. The Morgan fingerprint density at radius 2 is 1.74 bits per heavy atom. The molecule has 9 nitrogen and oxygen atoms in total. The molecule has 0 spiro atoms. The van der Waals surface area contributed by atoms with Gasteiger partial charge in [0.2, 0.25) is 17.6 Å². The molecule has 1 atom stereocenters. The molecule has 186 valence electrons. The van der Waals surface area contributed by atoms with E-state index in [1.807, 2.05) is 43.0 Å². The number of likely N-dealkylation sites (tertiary alicyclic amines) is 1. The molecule has 2 heterocycles. The summed E-state index contributed by atoms with van der Waals surface area (Å²) in [7, 11) is 3.16. The number of carbonyl (C=O) groups is 1. The summed E-state index contributed by atoms with van der Waals surface area (Å²) in [5, 5.41) is 4.15. The van der Waals surface area contributed by atoms with Gasteiger partial charge in [0.25, 0.3) is 0 Å². The maximum absolute atomic E-state index is 13.2. The number of methoxy groups -OCH3 is 2. The first-order valence-corrected chi connectivity index (χ1v) is 11.8. The van der Waals surface area contributed by atoms with Crippen molar-refractivity contribution in [2.45, 2.75) is 39.2 Å². The molecule has 1 saturated heterocycles. The van der Waals surface area contributed by atoms with Crippen LogP contribution in [0.25, 0.3) is 11.4 Å². The standard InChI is InChI=1S/C26H31N3O6/c1-5-33-21-11-9-17(14-23(21)34-6-2)15-24(30)29-13-7-8-19(29)26-27-25(28-35-26)18-10-12-20(31-3)22(16-18)32-4/h9-12,14,16,19H,5-8,13,15H2,1-4H3/t19-/m1/s1. The summed E-state index contributed by atoms with van der Waals surface area (Å²) in [6, 6.07) is 10.8. The Kier molecular flexibility index (Phi) is 7.74. The molecule has 1 aromatic heterocycles. The molecule has 3 aromatic rings. The molecule has 2 aromatic carbocycles. The zero-order valence-corrected chi connectivity index (χ0v) is 20.6. The average molecular weight is 482 g/mol. The maximum atomic E-state index is 13.2. The van der Waals surface area contributed by atoms with Crippen LogP contribution in [-0.4, -0.2) is 54.9 Å². The maximum Gasteiger partial charge on any atom is 0.249 e. The minimum atomic E-state index is -0.252. The Hall–Kier alpha value is -3.75. The zero-order valence-electron chi connectivity index (χ0n) is 20.6. The van der Waals surface area contributed by atoms with Gasteiger partial charge in [0.1, 0.15) is 6.04 Å². The Morgan fingerprint density at radius 3 is 2.49 bits per heavy atom. The summed E-state index contributed by atoms with van der Waals surface area (Å²) in [5.41, 5.74) is 1.61. The molecule has 0 unspecified atom stereocenters. The van der Waals surface area contributed by atoms with E-state index in [2.05, 4.69) is 10.1 Å². The minimum Gasteiger partial charge on any atom is -0.493 e. The molecule has 1 amide bonds. The first-order chi connectivity index (χ1) is 17.1. The largest absolute Gasteiger partial charge is 0.493 e. The number of ether oxygens (including phenoxy) is 4. The predicted octanol–water partition coefficient (Wildman–Crippen LogP) is 4.46. The molecule has 1 aliphatic rings. The van der Waals surface area contributed by atoms with E-state index in [4.69, 9.17) is 23.5 Å². The van der Waals surface area contributed by atoms with Gasteiger partial charge in [-0.25, -0.2) is 0 Å². The fourth-order valence-corrected chi connectivity index (χ4v) is 4.27. The number of hydrogen-bond donors (Lipinski definition) is 0. The Balaban J connectivity index is 1.50. The van der Waals surface area contributed by atoms with Crippen molar-refractivity contribution < 1.29 is 28.3 Å². The molecular weight excluding hydrogens is 450 g/mol. The number of benzene rings is 2. The molecule has 4 rings (SSSR count). The van der Waals surface area contributed by atoms with Gasteiger partial charge in [0.15, 0.2) is 23.0 Å². The lowest BCUT2D eigenvalue weighted by Gasteiger charge is -2.22. The van der Waals surface area contributed by atoms with Crippen molar-refractivity contribution in [2.24, 2.45) is 0 Å². The summed E-state index contributed by atoms with van der Waals surface area (Å²) >= 11 is 0. The summed E-state index contributed by atoms with van der Waals surface area (Å²) < 4.78 is 27.6. The third-order valence-electron chi connectivity index (χ3n) is 5.90. The van der Waals surface area contributed by atoms with Crippen molar-refractivity contribution >= 4 is 5.91 Å². The molecule has 0 aliphatic carbocycles. The molecule has 0 N–H and O–H groups in total. The number of nitrogens with zero attached hydrogens (tertiary/aromatic N) is 3. The van der Waals surface area contributed by atoms with Crippen molar-refractivity contribution in [3.63, 3.8) is 0 Å².